The van der Waals surface area contributed by atoms with E-state index in [1.54, 1.807) is 36.5 Å². The van der Waals surface area contributed by atoms with Crippen molar-refractivity contribution in [2.24, 2.45) is 0 Å². The molecule has 0 unspecified atom stereocenters. The van der Waals surface area contributed by atoms with E-state index in [1.165, 1.54) is 6.20 Å². The Morgan fingerprint density at radius 2 is 1.93 bits per heavy atom. The molecule has 0 aliphatic carbocycles. The zero-order valence-corrected chi connectivity index (χ0v) is 17.6. The van der Waals surface area contributed by atoms with Crippen molar-refractivity contribution >= 4 is 37.6 Å². The minimum absolute atomic E-state index is 0.264. The predicted octanol–water partition coefficient (Wildman–Crippen LogP) is 3.72. The number of anilines is 1. The van der Waals surface area contributed by atoms with Crippen LogP contribution in [0, 0.1) is 13.8 Å². The summed E-state index contributed by atoms with van der Waals surface area (Å²) < 4.78 is 26.0. The normalized spacial score (nSPS) is 16.0. The Labute approximate surface area is 166 Å². The Kier molecular flexibility index (Phi) is 5.00. The minimum Gasteiger partial charge on any atom is -0.348 e. The topological polar surface area (TPSA) is 76.1 Å². The van der Waals surface area contributed by atoms with Gasteiger partial charge in [-0.1, -0.05) is 0 Å². The average molecular weight is 421 g/mol. The van der Waals surface area contributed by atoms with Crippen molar-refractivity contribution in [3.05, 3.63) is 39.9 Å². The van der Waals surface area contributed by atoms with Crippen LogP contribution in [0.5, 0.6) is 0 Å². The van der Waals surface area contributed by atoms with Crippen molar-refractivity contribution in [1.29, 1.82) is 0 Å². The molecular formula is C18H20N4O2S3. The number of nitrogens with zero attached hydrogens (tertiary/aromatic N) is 4. The molecule has 1 aliphatic rings. The highest BCUT2D eigenvalue weighted by atomic mass is 32.2. The third-order valence-electron chi connectivity index (χ3n) is 4.82. The Morgan fingerprint density at radius 3 is 2.59 bits per heavy atom. The van der Waals surface area contributed by atoms with Crippen LogP contribution in [0.3, 0.4) is 0 Å². The number of rotatable bonds is 4. The van der Waals surface area contributed by atoms with Gasteiger partial charge in [0.2, 0.25) is 0 Å². The molecule has 9 heteroatoms. The molecule has 27 heavy (non-hydrogen) atoms. The monoisotopic (exact) mass is 420 g/mol. The maximum absolute atomic E-state index is 13.0. The Hall–Kier alpha value is -1.84. The second-order valence-corrected chi connectivity index (χ2v) is 10.4. The largest absolute Gasteiger partial charge is 0.348 e. The first-order chi connectivity index (χ1) is 12.9. The van der Waals surface area contributed by atoms with Crippen molar-refractivity contribution in [1.82, 2.24) is 15.0 Å². The predicted molar refractivity (Wildman–Crippen MR) is 109 cm³/mol. The zero-order valence-electron chi connectivity index (χ0n) is 15.1. The van der Waals surface area contributed by atoms with Gasteiger partial charge in [0.25, 0.3) is 0 Å². The summed E-state index contributed by atoms with van der Waals surface area (Å²) in [6, 6.07) is 2.06. The molecule has 0 saturated carbocycles. The lowest BCUT2D eigenvalue weighted by Gasteiger charge is -2.31. The van der Waals surface area contributed by atoms with Crippen LogP contribution in [-0.4, -0.2) is 41.7 Å². The van der Waals surface area contributed by atoms with E-state index in [1.807, 2.05) is 5.38 Å². The van der Waals surface area contributed by atoms with Gasteiger partial charge in [0.1, 0.15) is 10.7 Å². The summed E-state index contributed by atoms with van der Waals surface area (Å²) in [6.07, 6.45) is 2.62. The van der Waals surface area contributed by atoms with Crippen LogP contribution < -0.4 is 4.90 Å². The van der Waals surface area contributed by atoms with E-state index in [0.717, 1.165) is 16.4 Å². The molecule has 1 saturated heterocycles. The van der Waals surface area contributed by atoms with Gasteiger partial charge in [0, 0.05) is 35.6 Å². The summed E-state index contributed by atoms with van der Waals surface area (Å²) in [5, 5.41) is 6.76. The number of aryl methyl sites for hydroxylation is 2. The third-order valence-corrected chi connectivity index (χ3v) is 8.77. The van der Waals surface area contributed by atoms with Crippen molar-refractivity contribution in [2.75, 3.05) is 18.0 Å². The molecule has 0 atom stereocenters. The Morgan fingerprint density at radius 1 is 1.15 bits per heavy atom. The highest BCUT2D eigenvalue weighted by molar-refractivity contribution is 7.92. The molecule has 0 bridgehead atoms. The van der Waals surface area contributed by atoms with Crippen LogP contribution in [0.4, 0.5) is 5.13 Å². The lowest BCUT2D eigenvalue weighted by molar-refractivity contribution is 0.528. The van der Waals surface area contributed by atoms with Crippen LogP contribution >= 0.6 is 22.7 Å². The molecular weight excluding hydrogens is 400 g/mol. The molecule has 0 amide bonds. The lowest BCUT2D eigenvalue weighted by atomic mass is 10.1. The quantitative estimate of drug-likeness (QED) is 0.640. The number of thiazole rings is 1. The molecule has 0 N–H and O–H groups in total. The number of piperidine rings is 1. The molecule has 0 aromatic carbocycles. The van der Waals surface area contributed by atoms with Crippen LogP contribution in [-0.2, 0) is 9.84 Å². The highest BCUT2D eigenvalue weighted by Crippen LogP contribution is 2.32. The van der Waals surface area contributed by atoms with Gasteiger partial charge in [-0.3, -0.25) is 0 Å². The molecule has 1 fully saturated rings. The SMILES string of the molecule is Cc1ncc(S(=O)(=O)C2CCN(c3nc(-c4ccsc4)cs3)CC2)c(C)n1. The van der Waals surface area contributed by atoms with Crippen molar-refractivity contribution in [3.63, 3.8) is 0 Å². The van der Waals surface area contributed by atoms with Crippen molar-refractivity contribution in [3.8, 4) is 11.3 Å². The number of hydrogen-bond acceptors (Lipinski definition) is 8. The summed E-state index contributed by atoms with van der Waals surface area (Å²) in [5.41, 5.74) is 2.65. The average Bonchev–Trinajstić information content (AvgIpc) is 3.33. The van der Waals surface area contributed by atoms with E-state index >= 15 is 0 Å². The van der Waals surface area contributed by atoms with Crippen LogP contribution in [0.1, 0.15) is 24.4 Å². The van der Waals surface area contributed by atoms with Gasteiger partial charge < -0.3 is 4.90 Å². The first-order valence-corrected chi connectivity index (χ1v) is 12.1. The van der Waals surface area contributed by atoms with Crippen LogP contribution in [0.15, 0.2) is 33.3 Å². The maximum Gasteiger partial charge on any atom is 0.185 e. The Bertz CT molecular complexity index is 1040. The molecule has 3 aromatic rings. The molecule has 4 rings (SSSR count). The van der Waals surface area contributed by atoms with E-state index in [-0.39, 0.29) is 4.90 Å². The van der Waals surface area contributed by atoms with Gasteiger partial charge in [-0.15, -0.1) is 11.3 Å². The van der Waals surface area contributed by atoms with E-state index in [2.05, 4.69) is 31.7 Å². The maximum atomic E-state index is 13.0. The smallest absolute Gasteiger partial charge is 0.185 e. The summed E-state index contributed by atoms with van der Waals surface area (Å²) >= 11 is 3.27. The third kappa shape index (κ3) is 3.63. The van der Waals surface area contributed by atoms with Gasteiger partial charge in [0.15, 0.2) is 15.0 Å². The minimum atomic E-state index is -3.41. The summed E-state index contributed by atoms with van der Waals surface area (Å²) in [7, 11) is -3.41. The fourth-order valence-corrected chi connectivity index (χ4v) is 6.73. The first-order valence-electron chi connectivity index (χ1n) is 8.72. The van der Waals surface area contributed by atoms with Gasteiger partial charge in [-0.25, -0.2) is 23.4 Å². The number of hydrogen-bond donors (Lipinski definition) is 0. The number of thiophene rings is 1. The number of aromatic nitrogens is 3. The van der Waals surface area contributed by atoms with Crippen LogP contribution in [0.25, 0.3) is 11.3 Å². The van der Waals surface area contributed by atoms with E-state index in [9.17, 15) is 8.42 Å². The van der Waals surface area contributed by atoms with Gasteiger partial charge in [-0.05, 0) is 38.1 Å². The number of sulfone groups is 1. The second-order valence-electron chi connectivity index (χ2n) is 6.63. The van der Waals surface area contributed by atoms with Crippen molar-refractivity contribution < 1.29 is 8.42 Å². The Balaban J connectivity index is 1.47. The summed E-state index contributed by atoms with van der Waals surface area (Å²) in [5.74, 6) is 0.589. The lowest BCUT2D eigenvalue weighted by Crippen LogP contribution is -2.39. The molecule has 4 heterocycles. The molecule has 0 spiro atoms. The molecule has 142 valence electrons. The van der Waals surface area contributed by atoms with E-state index in [0.29, 0.717) is 37.4 Å². The highest BCUT2D eigenvalue weighted by Gasteiger charge is 2.33. The van der Waals surface area contributed by atoms with Gasteiger partial charge in [0.05, 0.1) is 16.6 Å². The molecule has 1 aliphatic heterocycles. The van der Waals surface area contributed by atoms with Crippen LogP contribution in [0.2, 0.25) is 0 Å². The standard InChI is InChI=1S/C18H20N4O2S3/c1-12-17(9-19-13(2)20-12)27(23,24)15-3-6-22(7-4-15)18-21-16(11-26-18)14-5-8-25-10-14/h5,8-11,15H,3-4,6-7H2,1-2H3. The fourth-order valence-electron chi connectivity index (χ4n) is 3.34. The van der Waals surface area contributed by atoms with Gasteiger partial charge in [-0.2, -0.15) is 11.3 Å². The molecule has 6 nitrogen and oxygen atoms in total. The van der Waals surface area contributed by atoms with Crippen molar-refractivity contribution in [2.45, 2.75) is 36.8 Å². The zero-order chi connectivity index (χ0) is 19.0. The summed E-state index contributed by atoms with van der Waals surface area (Å²) in [4.78, 5) is 15.5. The van der Waals surface area contributed by atoms with Gasteiger partial charge >= 0.3 is 0 Å². The first kappa shape index (κ1) is 18.5. The van der Waals surface area contributed by atoms with E-state index in [4.69, 9.17) is 4.98 Å². The molecule has 3 aromatic heterocycles. The second kappa shape index (κ2) is 7.29. The fraction of sp³-hybridized carbons (Fsp3) is 0.389. The molecule has 0 radical (unpaired) electrons. The van der Waals surface area contributed by atoms with E-state index < -0.39 is 15.1 Å². The summed E-state index contributed by atoms with van der Waals surface area (Å²) in [6.45, 7) is 4.87.